The normalized spacial score (nSPS) is 18.9. The van der Waals surface area contributed by atoms with Gasteiger partial charge in [0.25, 0.3) is 5.91 Å². The number of amides is 1. The van der Waals surface area contributed by atoms with Crippen LogP contribution in [0.5, 0.6) is 5.75 Å². The first-order valence-electron chi connectivity index (χ1n) is 12.0. The first-order valence-corrected chi connectivity index (χ1v) is 12.0. The average molecular weight is 457 g/mol. The highest BCUT2D eigenvalue weighted by Gasteiger charge is 2.32. The summed E-state index contributed by atoms with van der Waals surface area (Å²) in [5.41, 5.74) is 10.6. The molecule has 1 unspecified atom stereocenters. The molecule has 1 amide bonds. The lowest BCUT2D eigenvalue weighted by molar-refractivity contribution is 0.0925. The molecule has 34 heavy (non-hydrogen) atoms. The number of likely N-dealkylation sites (tertiary alicyclic amines) is 1. The molecule has 0 bridgehead atoms. The van der Waals surface area contributed by atoms with Gasteiger partial charge >= 0.3 is 0 Å². The molecule has 3 N–H and O–H groups in total. The number of fused-ring (bicyclic) bond motifs is 1. The number of nitrogen functional groups attached to an aromatic ring is 1. The van der Waals surface area contributed by atoms with Gasteiger partial charge in [0.05, 0.1) is 18.4 Å². The van der Waals surface area contributed by atoms with Crippen LogP contribution >= 0.6 is 0 Å². The zero-order valence-electron chi connectivity index (χ0n) is 19.6. The Labute approximate surface area is 201 Å². The summed E-state index contributed by atoms with van der Waals surface area (Å²) < 4.78 is 5.32. The Morgan fingerprint density at radius 3 is 2.38 bits per heavy atom. The minimum Gasteiger partial charge on any atom is -0.497 e. The summed E-state index contributed by atoms with van der Waals surface area (Å²) in [5.74, 6) is 1.34. The number of rotatable bonds is 6. The molecule has 3 aromatic rings. The van der Waals surface area contributed by atoms with Crippen molar-refractivity contribution in [1.82, 2.24) is 10.2 Å². The molecule has 0 saturated carbocycles. The van der Waals surface area contributed by atoms with E-state index >= 15 is 0 Å². The molecule has 0 aromatic heterocycles. The van der Waals surface area contributed by atoms with Crippen molar-refractivity contribution in [3.05, 3.63) is 89.5 Å². The molecule has 1 fully saturated rings. The van der Waals surface area contributed by atoms with Gasteiger partial charge in [0.15, 0.2) is 0 Å². The summed E-state index contributed by atoms with van der Waals surface area (Å²) in [6.45, 7) is 3.92. The van der Waals surface area contributed by atoms with Gasteiger partial charge in [0.1, 0.15) is 11.9 Å². The SMILES string of the molecule is COc1ccc(C2NC(=O)c3cc(N)ccc3N2CCN2CCC(c3ccccc3)CC2)cc1. The number of carbonyl (C=O) groups excluding carboxylic acids is 1. The maximum absolute atomic E-state index is 12.9. The van der Waals surface area contributed by atoms with E-state index in [0.717, 1.165) is 43.2 Å². The van der Waals surface area contributed by atoms with E-state index in [0.29, 0.717) is 17.2 Å². The number of methoxy groups -OCH3 is 1. The van der Waals surface area contributed by atoms with Gasteiger partial charge in [-0.3, -0.25) is 4.79 Å². The maximum Gasteiger partial charge on any atom is 0.255 e. The third-order valence-corrected chi connectivity index (χ3v) is 7.10. The lowest BCUT2D eigenvalue weighted by Crippen LogP contribution is -2.49. The fraction of sp³-hybridized carbons (Fsp3) is 0.321. The fourth-order valence-corrected chi connectivity index (χ4v) is 5.17. The van der Waals surface area contributed by atoms with E-state index in [9.17, 15) is 4.79 Å². The summed E-state index contributed by atoms with van der Waals surface area (Å²) in [5, 5.41) is 3.19. The highest BCUT2D eigenvalue weighted by Crippen LogP contribution is 2.35. The van der Waals surface area contributed by atoms with Crippen LogP contribution in [0, 0.1) is 0 Å². The van der Waals surface area contributed by atoms with Crippen molar-refractivity contribution >= 4 is 17.3 Å². The summed E-state index contributed by atoms with van der Waals surface area (Å²) in [6, 6.07) is 24.4. The summed E-state index contributed by atoms with van der Waals surface area (Å²) >= 11 is 0. The Kier molecular flexibility index (Phi) is 6.41. The van der Waals surface area contributed by atoms with Crippen LogP contribution in [-0.4, -0.2) is 44.1 Å². The minimum atomic E-state index is -0.239. The quantitative estimate of drug-likeness (QED) is 0.538. The third kappa shape index (κ3) is 4.59. The average Bonchev–Trinajstić information content (AvgIpc) is 2.89. The van der Waals surface area contributed by atoms with Crippen LogP contribution in [0.4, 0.5) is 11.4 Å². The number of anilines is 2. The maximum atomic E-state index is 12.9. The first-order chi connectivity index (χ1) is 16.6. The lowest BCUT2D eigenvalue weighted by Gasteiger charge is -2.41. The van der Waals surface area contributed by atoms with Crippen LogP contribution in [-0.2, 0) is 0 Å². The van der Waals surface area contributed by atoms with Crippen molar-refractivity contribution in [2.45, 2.75) is 24.9 Å². The van der Waals surface area contributed by atoms with Crippen molar-refractivity contribution in [1.29, 1.82) is 0 Å². The van der Waals surface area contributed by atoms with E-state index in [-0.39, 0.29) is 12.1 Å². The number of piperidine rings is 1. The number of nitrogens with two attached hydrogens (primary N) is 1. The molecule has 176 valence electrons. The molecule has 2 heterocycles. The number of hydrogen-bond acceptors (Lipinski definition) is 5. The van der Waals surface area contributed by atoms with Gasteiger partial charge in [-0.25, -0.2) is 0 Å². The van der Waals surface area contributed by atoms with E-state index in [4.69, 9.17) is 10.5 Å². The van der Waals surface area contributed by atoms with Gasteiger partial charge < -0.3 is 25.6 Å². The predicted molar refractivity (Wildman–Crippen MR) is 136 cm³/mol. The van der Waals surface area contributed by atoms with Crippen LogP contribution < -0.4 is 20.7 Å². The van der Waals surface area contributed by atoms with Crippen molar-refractivity contribution in [3.8, 4) is 5.75 Å². The van der Waals surface area contributed by atoms with Crippen molar-refractivity contribution in [2.24, 2.45) is 0 Å². The second-order valence-corrected chi connectivity index (χ2v) is 9.15. The molecule has 0 aliphatic carbocycles. The van der Waals surface area contributed by atoms with Crippen LogP contribution in [0.3, 0.4) is 0 Å². The largest absolute Gasteiger partial charge is 0.497 e. The molecule has 2 aliphatic rings. The van der Waals surface area contributed by atoms with E-state index in [2.05, 4.69) is 45.4 Å². The monoisotopic (exact) mass is 456 g/mol. The molecule has 6 nitrogen and oxygen atoms in total. The highest BCUT2D eigenvalue weighted by molar-refractivity contribution is 6.03. The Balaban J connectivity index is 1.33. The van der Waals surface area contributed by atoms with Crippen LogP contribution in [0.2, 0.25) is 0 Å². The molecule has 3 aromatic carbocycles. The molecule has 6 heteroatoms. The number of benzene rings is 3. The Morgan fingerprint density at radius 1 is 0.941 bits per heavy atom. The van der Waals surface area contributed by atoms with E-state index in [1.165, 1.54) is 18.4 Å². The number of ether oxygens (including phenoxy) is 1. The molecular formula is C28H32N4O2. The van der Waals surface area contributed by atoms with Gasteiger partial charge in [-0.1, -0.05) is 42.5 Å². The van der Waals surface area contributed by atoms with Crippen LogP contribution in [0.25, 0.3) is 0 Å². The Bertz CT molecular complexity index is 1120. The van der Waals surface area contributed by atoms with Gasteiger partial charge in [-0.2, -0.15) is 0 Å². The second-order valence-electron chi connectivity index (χ2n) is 9.15. The number of hydrogen-bond donors (Lipinski definition) is 2. The van der Waals surface area contributed by atoms with Gasteiger partial charge in [-0.05, 0) is 73.3 Å². The molecule has 1 atom stereocenters. The van der Waals surface area contributed by atoms with E-state index in [1.807, 2.05) is 36.4 Å². The minimum absolute atomic E-state index is 0.0944. The van der Waals surface area contributed by atoms with E-state index in [1.54, 1.807) is 13.2 Å². The molecule has 0 spiro atoms. The Hall–Kier alpha value is -3.51. The first kappa shape index (κ1) is 22.3. The summed E-state index contributed by atoms with van der Waals surface area (Å²) in [6.07, 6.45) is 2.11. The molecular weight excluding hydrogens is 424 g/mol. The number of carbonyl (C=O) groups is 1. The topological polar surface area (TPSA) is 70.8 Å². The molecule has 2 aliphatic heterocycles. The van der Waals surface area contributed by atoms with E-state index < -0.39 is 0 Å². The standard InChI is InChI=1S/C28H32N4O2/c1-34-24-10-7-22(8-11-24)27-30-28(33)25-19-23(29)9-12-26(25)32(27)18-17-31-15-13-21(14-16-31)20-5-3-2-4-6-20/h2-12,19,21,27H,13-18,29H2,1H3,(H,30,33). The lowest BCUT2D eigenvalue weighted by atomic mass is 9.89. The number of nitrogens with zero attached hydrogens (tertiary/aromatic N) is 2. The summed E-state index contributed by atoms with van der Waals surface area (Å²) in [4.78, 5) is 17.8. The van der Waals surface area contributed by atoms with Crippen molar-refractivity contribution < 1.29 is 9.53 Å². The zero-order valence-corrected chi connectivity index (χ0v) is 19.6. The number of nitrogens with one attached hydrogen (secondary N) is 1. The van der Waals surface area contributed by atoms with Crippen LogP contribution in [0.1, 0.15) is 46.4 Å². The highest BCUT2D eigenvalue weighted by atomic mass is 16.5. The predicted octanol–water partition coefficient (Wildman–Crippen LogP) is 4.41. The van der Waals surface area contributed by atoms with Gasteiger partial charge in [0, 0.05) is 18.8 Å². The molecule has 0 radical (unpaired) electrons. The van der Waals surface area contributed by atoms with Crippen LogP contribution in [0.15, 0.2) is 72.8 Å². The van der Waals surface area contributed by atoms with Gasteiger partial charge in [-0.15, -0.1) is 0 Å². The molecule has 1 saturated heterocycles. The molecule has 5 rings (SSSR count). The smallest absolute Gasteiger partial charge is 0.255 e. The third-order valence-electron chi connectivity index (χ3n) is 7.10. The second kappa shape index (κ2) is 9.77. The van der Waals surface area contributed by atoms with Crippen molar-refractivity contribution in [2.75, 3.05) is 43.9 Å². The van der Waals surface area contributed by atoms with Gasteiger partial charge in [0.2, 0.25) is 0 Å². The Morgan fingerprint density at radius 2 is 1.68 bits per heavy atom. The van der Waals surface area contributed by atoms with Crippen molar-refractivity contribution in [3.63, 3.8) is 0 Å². The fourth-order valence-electron chi connectivity index (χ4n) is 5.17. The zero-order chi connectivity index (χ0) is 23.5. The summed E-state index contributed by atoms with van der Waals surface area (Å²) in [7, 11) is 1.66.